The van der Waals surface area contributed by atoms with Gasteiger partial charge in [0.2, 0.25) is 5.91 Å². The van der Waals surface area contributed by atoms with Crippen LogP contribution in [0.2, 0.25) is 0 Å². The fraction of sp³-hybridized carbons (Fsp3) is 0.714. The van der Waals surface area contributed by atoms with Gasteiger partial charge in [-0.2, -0.15) is 0 Å². The van der Waals surface area contributed by atoms with Gasteiger partial charge in [0, 0.05) is 25.1 Å². The predicted molar refractivity (Wildman–Crippen MR) is 72.1 cm³/mol. The fourth-order valence-corrected chi connectivity index (χ4v) is 2.38. The first-order valence-electron chi connectivity index (χ1n) is 6.96. The molecule has 0 spiro atoms. The van der Waals surface area contributed by atoms with E-state index in [1.54, 1.807) is 20.8 Å². The van der Waals surface area contributed by atoms with Crippen molar-refractivity contribution in [2.24, 2.45) is 0 Å². The zero-order chi connectivity index (χ0) is 15.6. The molecule has 7 heteroatoms. The lowest BCUT2D eigenvalue weighted by Crippen LogP contribution is -2.34. The van der Waals surface area contributed by atoms with Crippen LogP contribution in [0.15, 0.2) is 11.6 Å². The average molecular weight is 299 g/mol. The van der Waals surface area contributed by atoms with Gasteiger partial charge >= 0.3 is 5.97 Å². The third kappa shape index (κ3) is 3.81. The monoisotopic (exact) mass is 299 g/mol. The Bertz CT molecular complexity index is 458. The minimum atomic E-state index is -0.776. The Morgan fingerprint density at radius 3 is 2.71 bits per heavy atom. The van der Waals surface area contributed by atoms with Crippen LogP contribution in [0.3, 0.4) is 0 Å². The number of amides is 1. The molecular formula is C14H21NO6. The highest BCUT2D eigenvalue weighted by molar-refractivity contribution is 5.83. The molecule has 0 radical (unpaired) electrons. The van der Waals surface area contributed by atoms with E-state index in [0.29, 0.717) is 5.57 Å². The van der Waals surface area contributed by atoms with Gasteiger partial charge in [0.25, 0.3) is 0 Å². The van der Waals surface area contributed by atoms with Crippen LogP contribution in [0, 0.1) is 0 Å². The van der Waals surface area contributed by atoms with E-state index in [1.807, 2.05) is 0 Å². The number of hydrogen-bond donors (Lipinski definition) is 1. The minimum Gasteiger partial charge on any atom is -0.463 e. The third-order valence-electron chi connectivity index (χ3n) is 3.16. The van der Waals surface area contributed by atoms with Crippen molar-refractivity contribution >= 4 is 11.9 Å². The second kappa shape index (κ2) is 6.13. The molecule has 2 fully saturated rings. The summed E-state index contributed by atoms with van der Waals surface area (Å²) in [5, 5.41) is 2.66. The van der Waals surface area contributed by atoms with E-state index in [9.17, 15) is 9.59 Å². The summed E-state index contributed by atoms with van der Waals surface area (Å²) in [5.74, 6) is -1.41. The second-order valence-corrected chi connectivity index (χ2v) is 5.38. The Morgan fingerprint density at radius 2 is 2.10 bits per heavy atom. The van der Waals surface area contributed by atoms with E-state index < -0.39 is 30.3 Å². The Kier molecular flexibility index (Phi) is 4.65. The molecular weight excluding hydrogens is 278 g/mol. The number of esters is 1. The second-order valence-electron chi connectivity index (χ2n) is 5.38. The van der Waals surface area contributed by atoms with E-state index in [0.717, 1.165) is 0 Å². The number of ether oxygens (including phenoxy) is 4. The van der Waals surface area contributed by atoms with Crippen molar-refractivity contribution in [1.82, 2.24) is 5.32 Å². The third-order valence-corrected chi connectivity index (χ3v) is 3.16. The van der Waals surface area contributed by atoms with Gasteiger partial charge in [0.05, 0.1) is 6.61 Å². The summed E-state index contributed by atoms with van der Waals surface area (Å²) in [7, 11) is 0. The largest absolute Gasteiger partial charge is 0.463 e. The molecule has 2 aliphatic rings. The Hall–Kier alpha value is -1.44. The summed E-state index contributed by atoms with van der Waals surface area (Å²) in [5.41, 5.74) is 0.623. The molecule has 3 atom stereocenters. The van der Waals surface area contributed by atoms with Gasteiger partial charge in [0.1, 0.15) is 12.2 Å². The first kappa shape index (κ1) is 15.9. The van der Waals surface area contributed by atoms with Gasteiger partial charge in [-0.05, 0) is 20.8 Å². The number of nitrogens with one attached hydrogen (secondary N) is 1. The molecule has 21 heavy (non-hydrogen) atoms. The van der Waals surface area contributed by atoms with Gasteiger partial charge in [0.15, 0.2) is 12.1 Å². The van der Waals surface area contributed by atoms with Crippen LogP contribution in [0.1, 0.15) is 27.7 Å². The van der Waals surface area contributed by atoms with Crippen LogP contribution in [-0.2, 0) is 28.5 Å². The van der Waals surface area contributed by atoms with Crippen LogP contribution >= 0.6 is 0 Å². The molecule has 2 heterocycles. The van der Waals surface area contributed by atoms with Gasteiger partial charge < -0.3 is 24.3 Å². The van der Waals surface area contributed by atoms with Crippen molar-refractivity contribution in [2.75, 3.05) is 13.2 Å². The summed E-state index contributed by atoms with van der Waals surface area (Å²) >= 11 is 0. The standard InChI is InChI=1S/C14H21NO6/c1-5-18-11(17)6-9-10(7-15-8(2)16)19-13-12(9)20-14(3,4)21-13/h6,10,12-13H,5,7H2,1-4H3,(H,15,16)/b9-6-/t10-,12-,13-/m1/s1. The number of hydrogen-bond acceptors (Lipinski definition) is 6. The molecule has 0 aromatic heterocycles. The Labute approximate surface area is 123 Å². The van der Waals surface area contributed by atoms with Gasteiger partial charge in [-0.25, -0.2) is 4.79 Å². The van der Waals surface area contributed by atoms with Crippen LogP contribution in [-0.4, -0.2) is 49.3 Å². The van der Waals surface area contributed by atoms with Crippen LogP contribution in [0.25, 0.3) is 0 Å². The van der Waals surface area contributed by atoms with Crippen molar-refractivity contribution in [2.45, 2.75) is 52.0 Å². The van der Waals surface area contributed by atoms with Crippen LogP contribution < -0.4 is 5.32 Å². The molecule has 2 aliphatic heterocycles. The molecule has 0 aliphatic carbocycles. The predicted octanol–water partition coefficient (Wildman–Crippen LogP) is 0.488. The molecule has 0 saturated carbocycles. The number of carbonyl (C=O) groups excluding carboxylic acids is 2. The SMILES string of the molecule is CCOC(=O)/C=C1\[C@H]2OC(C)(C)O[C@H]2O[C@@H]1CNC(C)=O. The van der Waals surface area contributed by atoms with Crippen molar-refractivity contribution in [1.29, 1.82) is 0 Å². The van der Waals surface area contributed by atoms with Gasteiger partial charge in [-0.1, -0.05) is 0 Å². The van der Waals surface area contributed by atoms with E-state index >= 15 is 0 Å². The molecule has 0 aromatic rings. The zero-order valence-corrected chi connectivity index (χ0v) is 12.7. The topological polar surface area (TPSA) is 83.1 Å². The minimum absolute atomic E-state index is 0.173. The molecule has 0 bridgehead atoms. The highest BCUT2D eigenvalue weighted by atomic mass is 16.8. The lowest BCUT2D eigenvalue weighted by Gasteiger charge is -2.21. The van der Waals surface area contributed by atoms with E-state index in [-0.39, 0.29) is 19.1 Å². The van der Waals surface area contributed by atoms with Crippen molar-refractivity contribution in [3.8, 4) is 0 Å². The summed E-state index contributed by atoms with van der Waals surface area (Å²) in [4.78, 5) is 22.7. The van der Waals surface area contributed by atoms with Crippen molar-refractivity contribution in [3.63, 3.8) is 0 Å². The van der Waals surface area contributed by atoms with Crippen molar-refractivity contribution < 1.29 is 28.5 Å². The highest BCUT2D eigenvalue weighted by Crippen LogP contribution is 2.40. The van der Waals surface area contributed by atoms with E-state index in [1.165, 1.54) is 13.0 Å². The van der Waals surface area contributed by atoms with Crippen LogP contribution in [0.4, 0.5) is 0 Å². The first-order chi connectivity index (χ1) is 9.82. The van der Waals surface area contributed by atoms with E-state index in [4.69, 9.17) is 18.9 Å². The molecule has 1 amide bonds. The lowest BCUT2D eigenvalue weighted by atomic mass is 10.1. The lowest BCUT2D eigenvalue weighted by molar-refractivity contribution is -0.199. The number of carbonyl (C=O) groups is 2. The highest BCUT2D eigenvalue weighted by Gasteiger charge is 2.51. The quantitative estimate of drug-likeness (QED) is 0.601. The van der Waals surface area contributed by atoms with Gasteiger partial charge in [-0.15, -0.1) is 0 Å². The van der Waals surface area contributed by atoms with E-state index in [2.05, 4.69) is 5.32 Å². The summed E-state index contributed by atoms with van der Waals surface area (Å²) in [6, 6.07) is 0. The normalized spacial score (nSPS) is 32.0. The molecule has 118 valence electrons. The number of rotatable bonds is 4. The Morgan fingerprint density at radius 1 is 1.38 bits per heavy atom. The van der Waals surface area contributed by atoms with Crippen LogP contribution in [0.5, 0.6) is 0 Å². The molecule has 0 unspecified atom stereocenters. The average Bonchev–Trinajstić information content (AvgIpc) is 2.81. The maximum Gasteiger partial charge on any atom is 0.330 e. The maximum atomic E-state index is 11.7. The fourth-order valence-electron chi connectivity index (χ4n) is 2.38. The number of fused-ring (bicyclic) bond motifs is 1. The summed E-state index contributed by atoms with van der Waals surface area (Å²) in [6.45, 7) is 7.24. The summed E-state index contributed by atoms with van der Waals surface area (Å²) in [6.07, 6.45) is -0.155. The summed E-state index contributed by atoms with van der Waals surface area (Å²) < 4.78 is 22.0. The molecule has 2 rings (SSSR count). The molecule has 1 N–H and O–H groups in total. The molecule has 2 saturated heterocycles. The van der Waals surface area contributed by atoms with Gasteiger partial charge in [-0.3, -0.25) is 4.79 Å². The molecule has 0 aromatic carbocycles. The maximum absolute atomic E-state index is 11.7. The molecule has 7 nitrogen and oxygen atoms in total. The van der Waals surface area contributed by atoms with Crippen molar-refractivity contribution in [3.05, 3.63) is 11.6 Å². The zero-order valence-electron chi connectivity index (χ0n) is 12.7. The first-order valence-corrected chi connectivity index (χ1v) is 6.96. The smallest absolute Gasteiger partial charge is 0.330 e. The Balaban J connectivity index is 2.15.